The van der Waals surface area contributed by atoms with E-state index in [1.54, 1.807) is 0 Å². The molecule has 2 aliphatic carbocycles. The number of hydrogen-bond acceptors (Lipinski definition) is 2. The topological polar surface area (TPSA) is 49.4 Å². The number of fused-ring (bicyclic) bond motifs is 1. The first-order chi connectivity index (χ1) is 13.7. The summed E-state index contributed by atoms with van der Waals surface area (Å²) in [6.07, 6.45) is 12.9. The van der Waals surface area contributed by atoms with Crippen LogP contribution in [0.2, 0.25) is 0 Å². The third kappa shape index (κ3) is 3.83. The minimum absolute atomic E-state index is 0.0293. The van der Waals surface area contributed by atoms with E-state index in [1.807, 2.05) is 29.2 Å². The molecule has 0 bridgehead atoms. The summed E-state index contributed by atoms with van der Waals surface area (Å²) < 4.78 is 0. The monoisotopic (exact) mass is 382 g/mol. The normalized spacial score (nSPS) is 29.1. The van der Waals surface area contributed by atoms with Crippen LogP contribution in [-0.2, 0) is 4.79 Å². The van der Waals surface area contributed by atoms with Crippen LogP contribution in [0.3, 0.4) is 0 Å². The molecular formula is C24H34N2O2. The Labute approximate surface area is 169 Å². The molecule has 1 N–H and O–H groups in total. The molecule has 2 fully saturated rings. The molecule has 4 heteroatoms. The number of nitrogens with zero attached hydrogens (tertiary/aromatic N) is 1. The van der Waals surface area contributed by atoms with Gasteiger partial charge in [0.25, 0.3) is 5.91 Å². The van der Waals surface area contributed by atoms with Gasteiger partial charge < -0.3 is 10.2 Å². The summed E-state index contributed by atoms with van der Waals surface area (Å²) in [6, 6.07) is 7.69. The van der Waals surface area contributed by atoms with Crippen molar-refractivity contribution in [2.45, 2.75) is 95.7 Å². The highest BCUT2D eigenvalue weighted by Gasteiger charge is 2.46. The van der Waals surface area contributed by atoms with Crippen molar-refractivity contribution in [2.75, 3.05) is 0 Å². The van der Waals surface area contributed by atoms with E-state index < -0.39 is 6.04 Å². The van der Waals surface area contributed by atoms with Crippen molar-refractivity contribution < 1.29 is 9.59 Å². The van der Waals surface area contributed by atoms with Gasteiger partial charge >= 0.3 is 0 Å². The van der Waals surface area contributed by atoms with Crippen LogP contribution in [-0.4, -0.2) is 28.8 Å². The molecule has 1 heterocycles. The lowest BCUT2D eigenvalue weighted by atomic mass is 9.84. The second kappa shape index (κ2) is 8.67. The SMILES string of the molecule is CC1CCCCC1N1C(=O)c2ccccc2C1C(=O)NC1CCCCCCC1. The summed E-state index contributed by atoms with van der Waals surface area (Å²) >= 11 is 0. The second-order valence-corrected chi connectivity index (χ2v) is 9.08. The molecule has 1 aliphatic heterocycles. The lowest BCUT2D eigenvalue weighted by molar-refractivity contribution is -0.127. The molecule has 3 aliphatic rings. The minimum Gasteiger partial charge on any atom is -0.351 e. The summed E-state index contributed by atoms with van der Waals surface area (Å²) in [4.78, 5) is 28.7. The summed E-state index contributed by atoms with van der Waals surface area (Å²) in [5.74, 6) is 0.525. The van der Waals surface area contributed by atoms with E-state index in [0.717, 1.165) is 43.2 Å². The molecule has 0 aromatic heterocycles. The molecule has 0 radical (unpaired) electrons. The lowest BCUT2D eigenvalue weighted by Gasteiger charge is -2.39. The van der Waals surface area contributed by atoms with Crippen LogP contribution in [0.4, 0.5) is 0 Å². The molecule has 1 aromatic carbocycles. The van der Waals surface area contributed by atoms with E-state index >= 15 is 0 Å². The summed E-state index contributed by atoms with van der Waals surface area (Å²) in [5, 5.41) is 3.34. The van der Waals surface area contributed by atoms with Gasteiger partial charge in [-0.3, -0.25) is 9.59 Å². The molecule has 4 rings (SSSR count). The fourth-order valence-electron chi connectivity index (χ4n) is 5.54. The number of carbonyl (C=O) groups is 2. The van der Waals surface area contributed by atoms with Crippen LogP contribution < -0.4 is 5.32 Å². The Bertz CT molecular complexity index is 708. The van der Waals surface area contributed by atoms with Crippen molar-refractivity contribution in [3.8, 4) is 0 Å². The summed E-state index contributed by atoms with van der Waals surface area (Å²) in [5.41, 5.74) is 1.62. The highest BCUT2D eigenvalue weighted by atomic mass is 16.2. The van der Waals surface area contributed by atoms with Gasteiger partial charge in [-0.2, -0.15) is 0 Å². The minimum atomic E-state index is -0.459. The Hall–Kier alpha value is -1.84. The second-order valence-electron chi connectivity index (χ2n) is 9.08. The average molecular weight is 383 g/mol. The third-order valence-electron chi connectivity index (χ3n) is 7.12. The maximum atomic E-state index is 13.5. The smallest absolute Gasteiger partial charge is 0.255 e. The van der Waals surface area contributed by atoms with Gasteiger partial charge in [0.15, 0.2) is 0 Å². The van der Waals surface area contributed by atoms with Crippen molar-refractivity contribution in [2.24, 2.45) is 5.92 Å². The molecular weight excluding hydrogens is 348 g/mol. The van der Waals surface area contributed by atoms with Gasteiger partial charge in [0, 0.05) is 17.6 Å². The van der Waals surface area contributed by atoms with Crippen molar-refractivity contribution in [1.82, 2.24) is 10.2 Å². The van der Waals surface area contributed by atoms with E-state index in [9.17, 15) is 9.59 Å². The van der Waals surface area contributed by atoms with Crippen LogP contribution >= 0.6 is 0 Å². The van der Waals surface area contributed by atoms with E-state index in [0.29, 0.717) is 5.92 Å². The van der Waals surface area contributed by atoms with Gasteiger partial charge in [0.2, 0.25) is 5.91 Å². The average Bonchev–Trinajstić information content (AvgIpc) is 2.97. The standard InChI is InChI=1S/C24H34N2O2/c1-17-11-7-10-16-21(17)26-22(19-14-8-9-15-20(19)24(26)28)23(27)25-18-12-5-3-2-4-6-13-18/h8-9,14-15,17-18,21-22H,2-7,10-13,16H2,1H3,(H,25,27). The van der Waals surface area contributed by atoms with Crippen molar-refractivity contribution in [1.29, 1.82) is 0 Å². The van der Waals surface area contributed by atoms with Crippen LogP contribution in [0.15, 0.2) is 24.3 Å². The Morgan fingerprint density at radius 1 is 0.929 bits per heavy atom. The Balaban J connectivity index is 1.59. The maximum Gasteiger partial charge on any atom is 0.255 e. The van der Waals surface area contributed by atoms with Crippen molar-refractivity contribution >= 4 is 11.8 Å². The number of carbonyl (C=O) groups excluding carboxylic acids is 2. The van der Waals surface area contributed by atoms with E-state index in [-0.39, 0.29) is 23.9 Å². The van der Waals surface area contributed by atoms with Gasteiger partial charge in [-0.25, -0.2) is 0 Å². The Kier molecular flexibility index (Phi) is 6.03. The van der Waals surface area contributed by atoms with E-state index in [2.05, 4.69) is 12.2 Å². The Morgan fingerprint density at radius 3 is 2.32 bits per heavy atom. The first-order valence-corrected chi connectivity index (χ1v) is 11.4. The van der Waals surface area contributed by atoms with Gasteiger partial charge in [0.1, 0.15) is 6.04 Å². The molecule has 3 unspecified atom stereocenters. The summed E-state index contributed by atoms with van der Waals surface area (Å²) in [6.45, 7) is 2.24. The zero-order valence-electron chi connectivity index (χ0n) is 17.2. The summed E-state index contributed by atoms with van der Waals surface area (Å²) in [7, 11) is 0. The fourth-order valence-corrected chi connectivity index (χ4v) is 5.54. The zero-order chi connectivity index (χ0) is 19.5. The first kappa shape index (κ1) is 19.5. The van der Waals surface area contributed by atoms with E-state index in [1.165, 1.54) is 38.5 Å². The first-order valence-electron chi connectivity index (χ1n) is 11.4. The van der Waals surface area contributed by atoms with Crippen LogP contribution in [0.5, 0.6) is 0 Å². The van der Waals surface area contributed by atoms with Gasteiger partial charge in [0.05, 0.1) is 0 Å². The molecule has 2 amide bonds. The highest BCUT2D eigenvalue weighted by molar-refractivity contribution is 6.05. The van der Waals surface area contributed by atoms with Crippen molar-refractivity contribution in [3.05, 3.63) is 35.4 Å². The molecule has 1 aromatic rings. The fraction of sp³-hybridized carbons (Fsp3) is 0.667. The molecule has 2 saturated carbocycles. The molecule has 28 heavy (non-hydrogen) atoms. The molecule has 0 spiro atoms. The number of amides is 2. The number of benzene rings is 1. The molecule has 4 nitrogen and oxygen atoms in total. The molecule has 3 atom stereocenters. The predicted molar refractivity (Wildman–Crippen MR) is 111 cm³/mol. The maximum absolute atomic E-state index is 13.5. The lowest BCUT2D eigenvalue weighted by Crippen LogP contribution is -2.49. The van der Waals surface area contributed by atoms with Crippen LogP contribution in [0.25, 0.3) is 0 Å². The van der Waals surface area contributed by atoms with E-state index in [4.69, 9.17) is 0 Å². The van der Waals surface area contributed by atoms with Gasteiger partial charge in [-0.1, -0.05) is 70.1 Å². The van der Waals surface area contributed by atoms with Gasteiger partial charge in [-0.15, -0.1) is 0 Å². The number of rotatable bonds is 3. The van der Waals surface area contributed by atoms with Crippen molar-refractivity contribution in [3.63, 3.8) is 0 Å². The van der Waals surface area contributed by atoms with Crippen LogP contribution in [0.1, 0.15) is 99.5 Å². The van der Waals surface area contributed by atoms with Crippen LogP contribution in [0, 0.1) is 5.92 Å². The highest BCUT2D eigenvalue weighted by Crippen LogP contribution is 2.40. The largest absolute Gasteiger partial charge is 0.351 e. The Morgan fingerprint density at radius 2 is 1.57 bits per heavy atom. The predicted octanol–water partition coefficient (Wildman–Crippen LogP) is 4.99. The quantitative estimate of drug-likeness (QED) is 0.800. The molecule has 0 saturated heterocycles. The zero-order valence-corrected chi connectivity index (χ0v) is 17.2. The number of hydrogen-bond donors (Lipinski definition) is 1. The number of nitrogens with one attached hydrogen (secondary N) is 1. The third-order valence-corrected chi connectivity index (χ3v) is 7.12. The molecule has 152 valence electrons. The van der Waals surface area contributed by atoms with Gasteiger partial charge in [-0.05, 0) is 43.2 Å².